The maximum absolute atomic E-state index is 14.0. The van der Waals surface area contributed by atoms with Crippen LogP contribution in [0.4, 0.5) is 30.7 Å². The van der Waals surface area contributed by atoms with Gasteiger partial charge in [0.1, 0.15) is 5.75 Å². The first-order chi connectivity index (χ1) is 10.7. The third-order valence-corrected chi connectivity index (χ3v) is 3.27. The molecule has 0 unspecified atom stereocenters. The fraction of sp³-hybridized carbons (Fsp3) is 0.462. The van der Waals surface area contributed by atoms with E-state index in [1.165, 1.54) is 0 Å². The van der Waals surface area contributed by atoms with Gasteiger partial charge in [0.05, 0.1) is 18.8 Å². The molecular formula is C13H10F7NO2. The highest BCUT2D eigenvalue weighted by Gasteiger charge is 2.59. The highest BCUT2D eigenvalue weighted by Crippen LogP contribution is 2.52. The van der Waals surface area contributed by atoms with Gasteiger partial charge in [-0.3, -0.25) is 4.39 Å². The van der Waals surface area contributed by atoms with Crippen LogP contribution in [0.2, 0.25) is 0 Å². The maximum Gasteiger partial charge on any atom is 0.417 e. The molecule has 0 aliphatic heterocycles. The summed E-state index contributed by atoms with van der Waals surface area (Å²) in [6, 6.07) is 1.10. The predicted molar refractivity (Wildman–Crippen MR) is 64.7 cm³/mol. The molecule has 0 radical (unpaired) electrons. The normalized spacial score (nSPS) is 21.5. The Morgan fingerprint density at radius 1 is 1.26 bits per heavy atom. The Labute approximate surface area is 125 Å². The molecule has 1 aliphatic rings. The lowest BCUT2D eigenvalue weighted by Crippen LogP contribution is -2.28. The molecule has 1 aromatic carbocycles. The van der Waals surface area contributed by atoms with E-state index in [0.29, 0.717) is 12.1 Å². The molecule has 1 N–H and O–H groups in total. The van der Waals surface area contributed by atoms with Crippen LogP contribution in [0.15, 0.2) is 17.3 Å². The largest absolute Gasteiger partial charge is 0.493 e. The van der Waals surface area contributed by atoms with Crippen molar-refractivity contribution in [1.82, 2.24) is 0 Å². The predicted octanol–water partition coefficient (Wildman–Crippen LogP) is 4.28. The third kappa shape index (κ3) is 2.81. The molecule has 0 saturated carbocycles. The van der Waals surface area contributed by atoms with Gasteiger partial charge in [-0.05, 0) is 12.1 Å². The molecule has 1 aromatic rings. The van der Waals surface area contributed by atoms with Crippen molar-refractivity contribution in [3.05, 3.63) is 28.8 Å². The van der Waals surface area contributed by atoms with Gasteiger partial charge in [-0.2, -0.15) is 22.0 Å². The number of hydrogen-bond donors (Lipinski definition) is 1. The van der Waals surface area contributed by atoms with Crippen LogP contribution < -0.4 is 4.74 Å². The number of ether oxygens (including phenoxy) is 1. The van der Waals surface area contributed by atoms with Crippen molar-refractivity contribution in [1.29, 1.82) is 0 Å². The van der Waals surface area contributed by atoms with Crippen molar-refractivity contribution >= 4 is 5.71 Å². The lowest BCUT2D eigenvalue weighted by molar-refractivity contribution is -0.137. The Hall–Kier alpha value is -2.00. The maximum atomic E-state index is 14.0. The molecule has 0 aromatic heterocycles. The zero-order chi connectivity index (χ0) is 17.4. The molecule has 2 rings (SSSR count). The van der Waals surface area contributed by atoms with Crippen molar-refractivity contribution < 1.29 is 40.7 Å². The van der Waals surface area contributed by atoms with Gasteiger partial charge in [-0.1, -0.05) is 5.16 Å². The minimum Gasteiger partial charge on any atom is -0.493 e. The molecule has 1 atom stereocenters. The minimum atomic E-state index is -5.07. The monoisotopic (exact) mass is 345 g/mol. The number of rotatable bonds is 4. The van der Waals surface area contributed by atoms with Crippen LogP contribution in [0.1, 0.15) is 29.3 Å². The van der Waals surface area contributed by atoms with Gasteiger partial charge in [-0.25, -0.2) is 4.39 Å². The minimum absolute atomic E-state index is 0.149. The van der Waals surface area contributed by atoms with Gasteiger partial charge in [-0.15, -0.1) is 0 Å². The van der Waals surface area contributed by atoms with E-state index in [0.717, 1.165) is 0 Å². The van der Waals surface area contributed by atoms with Crippen LogP contribution >= 0.6 is 0 Å². The van der Waals surface area contributed by atoms with E-state index in [4.69, 9.17) is 9.94 Å². The van der Waals surface area contributed by atoms with Crippen molar-refractivity contribution in [2.45, 2.75) is 24.7 Å². The van der Waals surface area contributed by atoms with E-state index in [1.807, 2.05) is 0 Å². The van der Waals surface area contributed by atoms with Crippen molar-refractivity contribution in [2.75, 3.05) is 13.3 Å². The van der Waals surface area contributed by atoms with E-state index < -0.39 is 53.1 Å². The second kappa shape index (κ2) is 5.89. The highest BCUT2D eigenvalue weighted by atomic mass is 19.4. The number of alkyl halides is 7. The molecular weight excluding hydrogens is 335 g/mol. The molecule has 0 spiro atoms. The SMILES string of the molecule is O/N=C1/c2c(C(F)(F)F)ccc(OCCCF)c2[C@@H](F)C1(F)F. The van der Waals surface area contributed by atoms with Crippen LogP contribution in [-0.2, 0) is 6.18 Å². The quantitative estimate of drug-likeness (QED) is 0.383. The molecule has 3 nitrogen and oxygen atoms in total. The summed E-state index contributed by atoms with van der Waals surface area (Å²) in [6.45, 7) is -1.14. The third-order valence-electron chi connectivity index (χ3n) is 3.27. The standard InChI is InChI=1S/C13H10F7NO2/c14-4-1-5-23-7-3-2-6(13(18,19)20)8-9(7)10(15)12(16,17)11(8)21-22/h2-3,10,22H,1,4-5H2/b21-11-/t10-/m1/s1. The summed E-state index contributed by atoms with van der Waals surface area (Å²) in [5.74, 6) is -5.02. The van der Waals surface area contributed by atoms with E-state index in [-0.39, 0.29) is 13.0 Å². The first kappa shape index (κ1) is 17.4. The summed E-state index contributed by atoms with van der Waals surface area (Å²) in [6.07, 6.45) is -8.40. The summed E-state index contributed by atoms with van der Waals surface area (Å²) in [5, 5.41) is 10.8. The summed E-state index contributed by atoms with van der Waals surface area (Å²) < 4.78 is 97.4. The lowest BCUT2D eigenvalue weighted by Gasteiger charge is -2.15. The van der Waals surface area contributed by atoms with Crippen molar-refractivity contribution in [2.24, 2.45) is 5.16 Å². The van der Waals surface area contributed by atoms with Gasteiger partial charge >= 0.3 is 12.1 Å². The summed E-state index contributed by atoms with van der Waals surface area (Å²) >= 11 is 0. The summed E-state index contributed by atoms with van der Waals surface area (Å²) in [5.41, 5.74) is -5.60. The Morgan fingerprint density at radius 3 is 2.43 bits per heavy atom. The Bertz CT molecular complexity index is 627. The molecule has 0 saturated heterocycles. The van der Waals surface area contributed by atoms with Gasteiger partial charge < -0.3 is 9.94 Å². The smallest absolute Gasteiger partial charge is 0.417 e. The molecule has 1 aliphatic carbocycles. The van der Waals surface area contributed by atoms with Crippen LogP contribution in [0.25, 0.3) is 0 Å². The summed E-state index contributed by atoms with van der Waals surface area (Å²) in [7, 11) is 0. The van der Waals surface area contributed by atoms with Crippen LogP contribution in [0.5, 0.6) is 5.75 Å². The highest BCUT2D eigenvalue weighted by molar-refractivity contribution is 6.11. The Morgan fingerprint density at radius 2 is 1.91 bits per heavy atom. The number of oxime groups is 1. The number of nitrogens with zero attached hydrogens (tertiary/aromatic N) is 1. The Kier molecular flexibility index (Phi) is 4.45. The number of hydrogen-bond acceptors (Lipinski definition) is 3. The first-order valence-electron chi connectivity index (χ1n) is 6.33. The molecule has 0 fully saturated rings. The van der Waals surface area contributed by atoms with Gasteiger partial charge in [0, 0.05) is 17.5 Å². The topological polar surface area (TPSA) is 41.8 Å². The fourth-order valence-electron chi connectivity index (χ4n) is 2.29. The second-order valence-electron chi connectivity index (χ2n) is 4.72. The van der Waals surface area contributed by atoms with E-state index in [9.17, 15) is 30.7 Å². The number of fused-ring (bicyclic) bond motifs is 1. The number of benzene rings is 1. The second-order valence-corrected chi connectivity index (χ2v) is 4.72. The van der Waals surface area contributed by atoms with Crippen molar-refractivity contribution in [3.63, 3.8) is 0 Å². The molecule has 128 valence electrons. The fourth-order valence-corrected chi connectivity index (χ4v) is 2.29. The molecule has 0 heterocycles. The van der Waals surface area contributed by atoms with Crippen molar-refractivity contribution in [3.8, 4) is 5.75 Å². The van der Waals surface area contributed by atoms with E-state index >= 15 is 0 Å². The molecule has 0 amide bonds. The van der Waals surface area contributed by atoms with Crippen LogP contribution in [0, 0.1) is 0 Å². The number of halogens is 7. The summed E-state index contributed by atoms with van der Waals surface area (Å²) in [4.78, 5) is 0. The van der Waals surface area contributed by atoms with Gasteiger partial charge in [0.25, 0.3) is 0 Å². The lowest BCUT2D eigenvalue weighted by atomic mass is 10.0. The average Bonchev–Trinajstić information content (AvgIpc) is 2.65. The van der Waals surface area contributed by atoms with Gasteiger partial charge in [0.2, 0.25) is 0 Å². The van der Waals surface area contributed by atoms with Crippen LogP contribution in [-0.4, -0.2) is 30.1 Å². The molecule has 0 bridgehead atoms. The van der Waals surface area contributed by atoms with Crippen LogP contribution in [0.3, 0.4) is 0 Å². The zero-order valence-electron chi connectivity index (χ0n) is 11.3. The van der Waals surface area contributed by atoms with E-state index in [1.54, 1.807) is 0 Å². The van der Waals surface area contributed by atoms with Gasteiger partial charge in [0.15, 0.2) is 11.9 Å². The molecule has 10 heteroatoms. The van der Waals surface area contributed by atoms with E-state index in [2.05, 4.69) is 5.16 Å². The average molecular weight is 345 g/mol. The first-order valence-corrected chi connectivity index (χ1v) is 6.33. The zero-order valence-corrected chi connectivity index (χ0v) is 11.3. The molecule has 23 heavy (non-hydrogen) atoms. The Balaban J connectivity index is 2.66.